The molecule has 0 saturated heterocycles. The van der Waals surface area contributed by atoms with E-state index in [1.807, 2.05) is 13.8 Å². The summed E-state index contributed by atoms with van der Waals surface area (Å²) in [7, 11) is -3.32. The Morgan fingerprint density at radius 2 is 1.91 bits per heavy atom. The van der Waals surface area contributed by atoms with E-state index in [1.54, 1.807) is 36.4 Å². The molecule has 1 aromatic heterocycles. The van der Waals surface area contributed by atoms with E-state index >= 15 is 0 Å². The van der Waals surface area contributed by atoms with E-state index in [0.29, 0.717) is 40.6 Å². The van der Waals surface area contributed by atoms with Crippen molar-refractivity contribution in [2.24, 2.45) is 0 Å². The summed E-state index contributed by atoms with van der Waals surface area (Å²) >= 11 is 0. The fourth-order valence-corrected chi connectivity index (χ4v) is 4.16. The molecule has 9 heteroatoms. The summed E-state index contributed by atoms with van der Waals surface area (Å²) in [5.74, 6) is 1.40. The normalized spacial score (nSPS) is 14.3. The van der Waals surface area contributed by atoms with E-state index in [9.17, 15) is 13.2 Å². The van der Waals surface area contributed by atoms with Crippen molar-refractivity contribution in [1.29, 1.82) is 0 Å². The molecule has 0 bridgehead atoms. The smallest absolute Gasteiger partial charge is 0.257 e. The first-order valence-electron chi connectivity index (χ1n) is 10.3. The predicted octanol–water partition coefficient (Wildman–Crippen LogP) is 3.74. The van der Waals surface area contributed by atoms with Gasteiger partial charge in [-0.2, -0.15) is 0 Å². The Bertz CT molecular complexity index is 1300. The number of pyridine rings is 1. The van der Waals surface area contributed by atoms with Gasteiger partial charge in [-0.25, -0.2) is 13.4 Å². The largest absolute Gasteiger partial charge is 0.487 e. The topological polar surface area (TPSA) is 115 Å². The first kappa shape index (κ1) is 22.8. The van der Waals surface area contributed by atoms with Crippen molar-refractivity contribution in [3.8, 4) is 17.2 Å². The number of anilines is 1. The van der Waals surface area contributed by atoms with Gasteiger partial charge >= 0.3 is 0 Å². The maximum atomic E-state index is 12.9. The predicted molar refractivity (Wildman–Crippen MR) is 123 cm³/mol. The van der Waals surface area contributed by atoms with Gasteiger partial charge in [0.15, 0.2) is 9.84 Å². The number of aliphatic hydroxyl groups is 1. The molecular weight excluding hydrogens is 444 g/mol. The Morgan fingerprint density at radius 1 is 1.18 bits per heavy atom. The Hall–Kier alpha value is -3.43. The van der Waals surface area contributed by atoms with Crippen LogP contribution in [0.15, 0.2) is 59.6 Å². The molecule has 0 fully saturated rings. The molecule has 3 aromatic rings. The van der Waals surface area contributed by atoms with Crippen molar-refractivity contribution in [1.82, 2.24) is 4.98 Å². The highest BCUT2D eigenvalue weighted by atomic mass is 32.2. The van der Waals surface area contributed by atoms with Crippen LogP contribution in [-0.2, 0) is 22.9 Å². The number of hydrogen-bond donors (Lipinski definition) is 2. The summed E-state index contributed by atoms with van der Waals surface area (Å²) in [6, 6.07) is 12.7. The number of carbonyl (C=O) groups is 1. The Morgan fingerprint density at radius 3 is 2.52 bits per heavy atom. The third-order valence-electron chi connectivity index (χ3n) is 5.15. The van der Waals surface area contributed by atoms with Crippen LogP contribution in [0, 0.1) is 0 Å². The number of benzene rings is 2. The van der Waals surface area contributed by atoms with E-state index in [1.165, 1.54) is 18.3 Å². The molecule has 1 aliphatic rings. The van der Waals surface area contributed by atoms with Crippen LogP contribution in [0.2, 0.25) is 0 Å². The first-order valence-corrected chi connectivity index (χ1v) is 12.1. The van der Waals surface area contributed by atoms with Crippen LogP contribution in [-0.4, -0.2) is 36.3 Å². The van der Waals surface area contributed by atoms with Crippen LogP contribution in [0.1, 0.15) is 35.3 Å². The second-order valence-electron chi connectivity index (χ2n) is 8.50. The molecular formula is C24H24N2O6S. The monoisotopic (exact) mass is 468 g/mol. The van der Waals surface area contributed by atoms with Crippen molar-refractivity contribution in [2.45, 2.75) is 37.4 Å². The molecule has 0 radical (unpaired) electrons. The molecule has 2 heterocycles. The van der Waals surface area contributed by atoms with Crippen molar-refractivity contribution in [2.75, 3.05) is 11.6 Å². The molecule has 0 spiro atoms. The Labute approximate surface area is 192 Å². The summed E-state index contributed by atoms with van der Waals surface area (Å²) in [4.78, 5) is 17.2. The lowest BCUT2D eigenvalue weighted by Crippen LogP contribution is -2.24. The molecule has 33 heavy (non-hydrogen) atoms. The van der Waals surface area contributed by atoms with Crippen LogP contribution in [0.4, 0.5) is 5.82 Å². The fraction of sp³-hybridized carbons (Fsp3) is 0.250. The van der Waals surface area contributed by atoms with Crippen LogP contribution < -0.4 is 14.8 Å². The maximum absolute atomic E-state index is 12.9. The van der Waals surface area contributed by atoms with Crippen LogP contribution in [0.25, 0.3) is 0 Å². The van der Waals surface area contributed by atoms with Gasteiger partial charge in [-0.3, -0.25) is 4.79 Å². The standard InChI is InChI=1S/C24H24N2O6S/c1-24(2)12-19-20(31-17-5-7-18(8-6-17)33(3,29)30)10-16(11-21(19)32-24)23(28)26-22-9-4-15(14-27)13-25-22/h4-11,13,27H,12,14H2,1-3H3,(H,25,26,28). The lowest BCUT2D eigenvalue weighted by atomic mass is 9.99. The number of fused-ring (bicyclic) bond motifs is 1. The Balaban J connectivity index is 1.64. The maximum Gasteiger partial charge on any atom is 0.257 e. The lowest BCUT2D eigenvalue weighted by molar-refractivity contribution is 0.102. The third kappa shape index (κ3) is 5.15. The molecule has 2 aromatic carbocycles. The number of rotatable bonds is 6. The number of nitrogens with zero attached hydrogens (tertiary/aromatic N) is 1. The number of nitrogens with one attached hydrogen (secondary N) is 1. The quantitative estimate of drug-likeness (QED) is 0.566. The van der Waals surface area contributed by atoms with Gasteiger partial charge in [0, 0.05) is 30.0 Å². The molecule has 0 atom stereocenters. The van der Waals surface area contributed by atoms with Gasteiger partial charge in [0.2, 0.25) is 0 Å². The van der Waals surface area contributed by atoms with Crippen LogP contribution >= 0.6 is 0 Å². The molecule has 0 saturated carbocycles. The highest BCUT2D eigenvalue weighted by molar-refractivity contribution is 7.90. The van der Waals surface area contributed by atoms with Gasteiger partial charge in [0.05, 0.1) is 11.5 Å². The van der Waals surface area contributed by atoms with Gasteiger partial charge in [0.1, 0.15) is 28.7 Å². The Kier molecular flexibility index (Phi) is 5.85. The number of sulfone groups is 1. The van der Waals surface area contributed by atoms with E-state index in [-0.39, 0.29) is 11.5 Å². The molecule has 4 rings (SSSR count). The fourth-order valence-electron chi connectivity index (χ4n) is 3.53. The third-order valence-corrected chi connectivity index (χ3v) is 6.28. The van der Waals surface area contributed by atoms with Gasteiger partial charge in [-0.15, -0.1) is 0 Å². The van der Waals surface area contributed by atoms with Gasteiger partial charge in [0.25, 0.3) is 5.91 Å². The second kappa shape index (κ2) is 8.49. The van der Waals surface area contributed by atoms with Crippen LogP contribution in [0.3, 0.4) is 0 Å². The van der Waals surface area contributed by atoms with Crippen molar-refractivity contribution in [3.05, 3.63) is 71.4 Å². The summed E-state index contributed by atoms with van der Waals surface area (Å²) in [5.41, 5.74) is 1.33. The van der Waals surface area contributed by atoms with Gasteiger partial charge < -0.3 is 19.9 Å². The van der Waals surface area contributed by atoms with E-state index < -0.39 is 21.3 Å². The minimum atomic E-state index is -3.32. The summed E-state index contributed by atoms with van der Waals surface area (Å²) in [5, 5.41) is 11.9. The minimum Gasteiger partial charge on any atom is -0.487 e. The molecule has 8 nitrogen and oxygen atoms in total. The zero-order valence-electron chi connectivity index (χ0n) is 18.5. The molecule has 172 valence electrons. The number of carbonyl (C=O) groups excluding carboxylic acids is 1. The molecule has 1 aliphatic heterocycles. The zero-order chi connectivity index (χ0) is 23.8. The first-order chi connectivity index (χ1) is 15.5. The second-order valence-corrected chi connectivity index (χ2v) is 10.5. The highest BCUT2D eigenvalue weighted by Gasteiger charge is 2.34. The number of amides is 1. The van der Waals surface area contributed by atoms with E-state index in [4.69, 9.17) is 14.6 Å². The lowest BCUT2D eigenvalue weighted by Gasteiger charge is -2.16. The van der Waals surface area contributed by atoms with E-state index in [2.05, 4.69) is 10.3 Å². The van der Waals surface area contributed by atoms with Crippen molar-refractivity contribution >= 4 is 21.6 Å². The summed E-state index contributed by atoms with van der Waals surface area (Å²) in [6.45, 7) is 3.76. The summed E-state index contributed by atoms with van der Waals surface area (Å²) in [6.07, 6.45) is 3.22. The van der Waals surface area contributed by atoms with Gasteiger partial charge in [-0.1, -0.05) is 6.07 Å². The summed E-state index contributed by atoms with van der Waals surface area (Å²) < 4.78 is 35.5. The molecule has 1 amide bonds. The number of aromatic nitrogens is 1. The van der Waals surface area contributed by atoms with Crippen molar-refractivity contribution < 1.29 is 27.8 Å². The average molecular weight is 469 g/mol. The SMILES string of the molecule is CC1(C)Cc2c(Oc3ccc(S(C)(=O)=O)cc3)cc(C(=O)Nc3ccc(CO)cn3)cc2O1. The average Bonchev–Trinajstić information content (AvgIpc) is 3.08. The van der Waals surface area contributed by atoms with Crippen molar-refractivity contribution in [3.63, 3.8) is 0 Å². The molecule has 0 unspecified atom stereocenters. The zero-order valence-corrected chi connectivity index (χ0v) is 19.3. The number of ether oxygens (including phenoxy) is 2. The number of hydrogen-bond acceptors (Lipinski definition) is 7. The highest BCUT2D eigenvalue weighted by Crippen LogP contribution is 2.43. The molecule has 0 aliphatic carbocycles. The van der Waals surface area contributed by atoms with Gasteiger partial charge in [-0.05, 0) is 61.9 Å². The van der Waals surface area contributed by atoms with Crippen LogP contribution in [0.5, 0.6) is 17.2 Å². The molecule has 2 N–H and O–H groups in total. The number of aliphatic hydroxyl groups excluding tert-OH is 1. The minimum absolute atomic E-state index is 0.134. The van der Waals surface area contributed by atoms with E-state index in [0.717, 1.165) is 11.8 Å².